The number of carbonyl (C=O) groups is 2. The van der Waals surface area contributed by atoms with Crippen LogP contribution >= 0.6 is 0 Å². The number of nitrogens with one attached hydrogen (secondary N) is 1. The van der Waals surface area contributed by atoms with E-state index in [1.807, 2.05) is 44.2 Å². The molecule has 0 spiro atoms. The van der Waals surface area contributed by atoms with E-state index in [-0.39, 0.29) is 5.91 Å². The zero-order valence-electron chi connectivity index (χ0n) is 12.9. The molecule has 2 amide bonds. The molecule has 0 aliphatic heterocycles. The first-order valence-corrected chi connectivity index (χ1v) is 7.17. The van der Waals surface area contributed by atoms with Gasteiger partial charge in [-0.3, -0.25) is 4.79 Å². The highest BCUT2D eigenvalue weighted by molar-refractivity contribution is 5.73. The Balaban J connectivity index is 2.84. The van der Waals surface area contributed by atoms with Crippen molar-refractivity contribution in [2.24, 2.45) is 0 Å². The zero-order chi connectivity index (χ0) is 15.9. The van der Waals surface area contributed by atoms with E-state index in [2.05, 4.69) is 5.32 Å². The summed E-state index contributed by atoms with van der Waals surface area (Å²) in [6, 6.07) is 9.69. The summed E-state index contributed by atoms with van der Waals surface area (Å²) in [6.45, 7) is 6.19. The van der Waals surface area contributed by atoms with E-state index < -0.39 is 11.6 Å². The van der Waals surface area contributed by atoms with Crippen molar-refractivity contribution in [1.82, 2.24) is 10.2 Å². The van der Waals surface area contributed by atoms with Gasteiger partial charge in [0.2, 0.25) is 5.91 Å². The summed E-state index contributed by atoms with van der Waals surface area (Å²) in [6.07, 6.45) is 0.459. The second-order valence-corrected chi connectivity index (χ2v) is 5.60. The highest BCUT2D eigenvalue weighted by atomic mass is 16.4. The van der Waals surface area contributed by atoms with E-state index in [0.29, 0.717) is 19.5 Å². The predicted octanol–water partition coefficient (Wildman–Crippen LogP) is 2.86. The molecular weight excluding hydrogens is 268 g/mol. The van der Waals surface area contributed by atoms with Crippen LogP contribution in [0.25, 0.3) is 0 Å². The second-order valence-electron chi connectivity index (χ2n) is 5.60. The van der Waals surface area contributed by atoms with Crippen molar-refractivity contribution >= 4 is 12.0 Å². The predicted molar refractivity (Wildman–Crippen MR) is 82.0 cm³/mol. The normalized spacial score (nSPS) is 13.3. The number of carboxylic acid groups (broad SMARTS) is 1. The molecule has 1 atom stereocenters. The molecule has 0 radical (unpaired) electrons. The molecule has 0 aliphatic carbocycles. The number of rotatable bonds is 7. The molecule has 21 heavy (non-hydrogen) atoms. The molecule has 5 heteroatoms. The van der Waals surface area contributed by atoms with Gasteiger partial charge in [0.25, 0.3) is 0 Å². The Labute approximate surface area is 126 Å². The lowest BCUT2D eigenvalue weighted by Crippen LogP contribution is -2.53. The number of carbonyl (C=O) groups excluding carboxylic acids is 1. The first kappa shape index (κ1) is 17.0. The molecule has 1 aromatic carbocycles. The fourth-order valence-electron chi connectivity index (χ4n) is 2.49. The van der Waals surface area contributed by atoms with Gasteiger partial charge in [-0.05, 0) is 18.9 Å². The van der Waals surface area contributed by atoms with Crippen molar-refractivity contribution in [2.45, 2.75) is 45.7 Å². The Bertz CT molecular complexity index is 476. The third-order valence-corrected chi connectivity index (χ3v) is 3.41. The van der Waals surface area contributed by atoms with E-state index >= 15 is 0 Å². The average molecular weight is 292 g/mol. The molecule has 1 rings (SSSR count). The molecule has 0 heterocycles. The molecule has 1 unspecified atom stereocenters. The smallest absolute Gasteiger partial charge is 0.405 e. The maximum Gasteiger partial charge on any atom is 0.405 e. The van der Waals surface area contributed by atoms with Gasteiger partial charge in [-0.15, -0.1) is 0 Å². The summed E-state index contributed by atoms with van der Waals surface area (Å²) in [5.41, 5.74) is 0.392. The van der Waals surface area contributed by atoms with Gasteiger partial charge in [0.05, 0.1) is 5.54 Å². The van der Waals surface area contributed by atoms with E-state index in [9.17, 15) is 9.59 Å². The maximum atomic E-state index is 11.9. The van der Waals surface area contributed by atoms with Crippen LogP contribution in [0, 0.1) is 0 Å². The molecule has 0 aromatic heterocycles. The van der Waals surface area contributed by atoms with Gasteiger partial charge in [-0.1, -0.05) is 43.7 Å². The lowest BCUT2D eigenvalue weighted by atomic mass is 9.95. The fourth-order valence-corrected chi connectivity index (χ4v) is 2.49. The van der Waals surface area contributed by atoms with Crippen LogP contribution in [0.2, 0.25) is 0 Å². The highest BCUT2D eigenvalue weighted by Crippen LogP contribution is 2.16. The minimum atomic E-state index is -1.06. The molecular formula is C16H24N2O3. The van der Waals surface area contributed by atoms with Gasteiger partial charge in [-0.25, -0.2) is 4.79 Å². The molecule has 2 N–H and O–H groups in total. The lowest BCUT2D eigenvalue weighted by Gasteiger charge is -2.35. The van der Waals surface area contributed by atoms with Crippen molar-refractivity contribution in [3.63, 3.8) is 0 Å². The minimum Gasteiger partial charge on any atom is -0.465 e. The standard InChI is InChI=1S/C16H24N2O3/c1-4-10-16(3,17-15(20)21)12-18(13(2)19)11-14-8-6-5-7-9-14/h5-9,17H,4,10-12H2,1-3H3,(H,20,21). The monoisotopic (exact) mass is 292 g/mol. The Morgan fingerprint density at radius 1 is 1.29 bits per heavy atom. The average Bonchev–Trinajstić information content (AvgIpc) is 2.38. The van der Waals surface area contributed by atoms with E-state index in [1.54, 1.807) is 4.90 Å². The van der Waals surface area contributed by atoms with Gasteiger partial charge in [0.15, 0.2) is 0 Å². The number of amides is 2. The van der Waals surface area contributed by atoms with Crippen molar-refractivity contribution in [2.75, 3.05) is 6.54 Å². The third-order valence-electron chi connectivity index (χ3n) is 3.41. The van der Waals surface area contributed by atoms with Gasteiger partial charge < -0.3 is 15.3 Å². The van der Waals surface area contributed by atoms with Gasteiger partial charge in [0, 0.05) is 20.0 Å². The highest BCUT2D eigenvalue weighted by Gasteiger charge is 2.29. The van der Waals surface area contributed by atoms with Crippen LogP contribution in [-0.2, 0) is 11.3 Å². The molecule has 0 fully saturated rings. The van der Waals surface area contributed by atoms with Gasteiger partial charge in [0.1, 0.15) is 0 Å². The summed E-state index contributed by atoms with van der Waals surface area (Å²) >= 11 is 0. The quantitative estimate of drug-likeness (QED) is 0.812. The van der Waals surface area contributed by atoms with Crippen LogP contribution in [-0.4, -0.2) is 34.1 Å². The van der Waals surface area contributed by atoms with Crippen LogP contribution in [0.1, 0.15) is 39.2 Å². The largest absolute Gasteiger partial charge is 0.465 e. The van der Waals surface area contributed by atoms with Gasteiger partial charge in [-0.2, -0.15) is 0 Å². The first-order chi connectivity index (χ1) is 9.86. The SMILES string of the molecule is CCCC(C)(CN(Cc1ccccc1)C(C)=O)NC(=O)O. The number of hydrogen-bond donors (Lipinski definition) is 2. The number of hydrogen-bond acceptors (Lipinski definition) is 2. The van der Waals surface area contributed by atoms with Crippen molar-refractivity contribution in [3.05, 3.63) is 35.9 Å². The minimum absolute atomic E-state index is 0.0617. The maximum absolute atomic E-state index is 11.9. The van der Waals surface area contributed by atoms with Crippen LogP contribution in [0.5, 0.6) is 0 Å². The Morgan fingerprint density at radius 2 is 1.90 bits per heavy atom. The molecule has 0 saturated heterocycles. The third kappa shape index (κ3) is 5.85. The number of nitrogens with zero attached hydrogens (tertiary/aromatic N) is 1. The summed E-state index contributed by atoms with van der Waals surface area (Å²) in [5.74, 6) is -0.0617. The van der Waals surface area contributed by atoms with Crippen LogP contribution in [0.15, 0.2) is 30.3 Å². The van der Waals surface area contributed by atoms with Crippen molar-refractivity contribution in [1.29, 1.82) is 0 Å². The first-order valence-electron chi connectivity index (χ1n) is 7.17. The summed E-state index contributed by atoms with van der Waals surface area (Å²) < 4.78 is 0. The Kier molecular flexibility index (Phi) is 6.21. The van der Waals surface area contributed by atoms with Gasteiger partial charge >= 0.3 is 6.09 Å². The summed E-state index contributed by atoms with van der Waals surface area (Å²) in [4.78, 5) is 24.5. The molecule has 0 bridgehead atoms. The Hall–Kier alpha value is -2.04. The molecule has 5 nitrogen and oxygen atoms in total. The lowest BCUT2D eigenvalue weighted by molar-refractivity contribution is -0.130. The van der Waals surface area contributed by atoms with E-state index in [4.69, 9.17) is 5.11 Å². The van der Waals surface area contributed by atoms with Crippen LogP contribution in [0.3, 0.4) is 0 Å². The van der Waals surface area contributed by atoms with Crippen molar-refractivity contribution in [3.8, 4) is 0 Å². The van der Waals surface area contributed by atoms with Crippen LogP contribution in [0.4, 0.5) is 4.79 Å². The van der Waals surface area contributed by atoms with E-state index in [0.717, 1.165) is 12.0 Å². The fraction of sp³-hybridized carbons (Fsp3) is 0.500. The Morgan fingerprint density at radius 3 is 2.38 bits per heavy atom. The zero-order valence-corrected chi connectivity index (χ0v) is 12.9. The topological polar surface area (TPSA) is 69.6 Å². The molecule has 0 saturated carbocycles. The summed E-state index contributed by atoms with van der Waals surface area (Å²) in [5, 5.41) is 11.6. The van der Waals surface area contributed by atoms with Crippen LogP contribution < -0.4 is 5.32 Å². The molecule has 1 aromatic rings. The second kappa shape index (κ2) is 7.67. The molecule has 116 valence electrons. The van der Waals surface area contributed by atoms with Crippen molar-refractivity contribution < 1.29 is 14.7 Å². The molecule has 0 aliphatic rings. The van der Waals surface area contributed by atoms with E-state index in [1.165, 1.54) is 6.92 Å². The number of benzene rings is 1. The summed E-state index contributed by atoms with van der Waals surface area (Å²) in [7, 11) is 0.